The van der Waals surface area contributed by atoms with Crippen LogP contribution in [0.15, 0.2) is 5.16 Å². The fraction of sp³-hybridized carbons (Fsp3) is 0.895. The fourth-order valence-electron chi connectivity index (χ4n) is 2.56. The van der Waals surface area contributed by atoms with Gasteiger partial charge in [0.25, 0.3) is 0 Å². The minimum absolute atomic E-state index is 0.331. The second-order valence-electron chi connectivity index (χ2n) is 6.61. The zero-order valence-corrected chi connectivity index (χ0v) is 15.3. The third kappa shape index (κ3) is 20.9. The summed E-state index contributed by atoms with van der Waals surface area (Å²) in [6, 6.07) is 0. The molecule has 0 aliphatic rings. The third-order valence-electron chi connectivity index (χ3n) is 3.87. The maximum Gasteiger partial charge on any atom is 0.303 e. The zero-order valence-electron chi connectivity index (χ0n) is 15.3. The Kier molecular flexibility index (Phi) is 16.5. The summed E-state index contributed by atoms with van der Waals surface area (Å²) in [6.07, 6.45) is 16.4. The lowest BCUT2D eigenvalue weighted by Crippen LogP contribution is -1.93. The first-order valence-corrected chi connectivity index (χ1v) is 9.48. The molecule has 0 aromatic rings. The van der Waals surface area contributed by atoms with Crippen molar-refractivity contribution >= 4 is 11.7 Å². The molecule has 0 saturated carbocycles. The monoisotopic (exact) mass is 327 g/mol. The van der Waals surface area contributed by atoms with Crippen LogP contribution in [0.1, 0.15) is 104 Å². The molecule has 1 N–H and O–H groups in total. The topological polar surface area (TPSA) is 58.9 Å². The van der Waals surface area contributed by atoms with Crippen LogP contribution >= 0.6 is 0 Å². The van der Waals surface area contributed by atoms with E-state index in [4.69, 9.17) is 9.94 Å². The van der Waals surface area contributed by atoms with Crippen LogP contribution in [0.3, 0.4) is 0 Å². The number of oxime groups is 1. The molecule has 0 amide bonds. The van der Waals surface area contributed by atoms with Crippen LogP contribution in [-0.4, -0.2) is 23.4 Å². The number of aliphatic carboxylic acids is 1. The van der Waals surface area contributed by atoms with Crippen molar-refractivity contribution in [3.63, 3.8) is 0 Å². The van der Waals surface area contributed by atoms with Gasteiger partial charge in [-0.2, -0.15) is 0 Å². The highest BCUT2D eigenvalue weighted by atomic mass is 16.6. The van der Waals surface area contributed by atoms with Gasteiger partial charge in [0, 0.05) is 6.42 Å². The molecule has 0 unspecified atom stereocenters. The van der Waals surface area contributed by atoms with Crippen LogP contribution in [0.4, 0.5) is 0 Å². The second-order valence-corrected chi connectivity index (χ2v) is 6.61. The molecule has 0 spiro atoms. The van der Waals surface area contributed by atoms with Gasteiger partial charge in [0.15, 0.2) is 0 Å². The van der Waals surface area contributed by atoms with Gasteiger partial charge in [0.1, 0.15) is 6.61 Å². The van der Waals surface area contributed by atoms with E-state index in [9.17, 15) is 4.79 Å². The van der Waals surface area contributed by atoms with Crippen molar-refractivity contribution in [1.29, 1.82) is 0 Å². The maximum atomic E-state index is 10.4. The van der Waals surface area contributed by atoms with E-state index in [0.717, 1.165) is 31.6 Å². The molecule has 0 radical (unpaired) electrons. The van der Waals surface area contributed by atoms with Gasteiger partial charge in [-0.15, -0.1) is 0 Å². The molecule has 0 saturated heterocycles. The number of hydrogen-bond acceptors (Lipinski definition) is 3. The first kappa shape index (κ1) is 21.9. The summed E-state index contributed by atoms with van der Waals surface area (Å²) >= 11 is 0. The summed E-state index contributed by atoms with van der Waals surface area (Å²) in [4.78, 5) is 15.5. The Bertz CT molecular complexity index is 299. The molecule has 136 valence electrons. The summed E-state index contributed by atoms with van der Waals surface area (Å²) in [6.45, 7) is 4.64. The quantitative estimate of drug-likeness (QED) is 0.204. The Labute approximate surface area is 142 Å². The van der Waals surface area contributed by atoms with Gasteiger partial charge < -0.3 is 9.94 Å². The molecule has 0 bridgehead atoms. The summed E-state index contributed by atoms with van der Waals surface area (Å²) in [5.74, 6) is -0.665. The Morgan fingerprint density at radius 3 is 1.52 bits per heavy atom. The number of rotatable bonds is 17. The van der Waals surface area contributed by atoms with Crippen molar-refractivity contribution in [2.75, 3.05) is 6.61 Å². The molecule has 0 aliphatic carbocycles. The average molecular weight is 328 g/mol. The van der Waals surface area contributed by atoms with Crippen LogP contribution in [0.25, 0.3) is 0 Å². The van der Waals surface area contributed by atoms with Crippen LogP contribution in [0.2, 0.25) is 0 Å². The van der Waals surface area contributed by atoms with E-state index in [0.29, 0.717) is 6.42 Å². The molecule has 23 heavy (non-hydrogen) atoms. The molecule has 0 aromatic carbocycles. The lowest BCUT2D eigenvalue weighted by molar-refractivity contribution is -0.137. The van der Waals surface area contributed by atoms with E-state index in [1.54, 1.807) is 0 Å². The predicted molar refractivity (Wildman–Crippen MR) is 97.0 cm³/mol. The first-order valence-electron chi connectivity index (χ1n) is 9.48. The van der Waals surface area contributed by atoms with Crippen molar-refractivity contribution < 1.29 is 14.7 Å². The molecule has 0 heterocycles. The summed E-state index contributed by atoms with van der Waals surface area (Å²) in [5.41, 5.74) is 0.977. The van der Waals surface area contributed by atoms with E-state index in [1.807, 2.05) is 13.8 Å². The number of unbranched alkanes of at least 4 members (excludes halogenated alkanes) is 12. The SMILES string of the molecule is CC(C)=NOCCCCCCCCCCCCCCCC(=O)O. The molecule has 0 fully saturated rings. The molecule has 0 atom stereocenters. The van der Waals surface area contributed by atoms with Crippen molar-refractivity contribution in [2.24, 2.45) is 5.16 Å². The zero-order chi connectivity index (χ0) is 17.2. The van der Waals surface area contributed by atoms with E-state index in [2.05, 4.69) is 5.16 Å². The number of hydrogen-bond donors (Lipinski definition) is 1. The minimum Gasteiger partial charge on any atom is -0.481 e. The van der Waals surface area contributed by atoms with Gasteiger partial charge in [0.2, 0.25) is 0 Å². The van der Waals surface area contributed by atoms with Gasteiger partial charge in [0.05, 0.1) is 5.71 Å². The van der Waals surface area contributed by atoms with Gasteiger partial charge in [-0.25, -0.2) is 0 Å². The van der Waals surface area contributed by atoms with Crippen molar-refractivity contribution in [1.82, 2.24) is 0 Å². The molecular weight excluding hydrogens is 290 g/mol. The van der Waals surface area contributed by atoms with E-state index < -0.39 is 5.97 Å². The number of carboxylic acids is 1. The Balaban J connectivity index is 3.02. The number of carboxylic acid groups (broad SMARTS) is 1. The normalized spacial score (nSPS) is 10.5. The van der Waals surface area contributed by atoms with Gasteiger partial charge >= 0.3 is 5.97 Å². The van der Waals surface area contributed by atoms with Crippen molar-refractivity contribution in [3.05, 3.63) is 0 Å². The fourth-order valence-corrected chi connectivity index (χ4v) is 2.56. The average Bonchev–Trinajstić information content (AvgIpc) is 2.49. The van der Waals surface area contributed by atoms with Gasteiger partial charge in [-0.1, -0.05) is 69.4 Å². The van der Waals surface area contributed by atoms with E-state index in [1.165, 1.54) is 64.2 Å². The Hall–Kier alpha value is -1.06. The van der Waals surface area contributed by atoms with Crippen molar-refractivity contribution in [3.8, 4) is 0 Å². The smallest absolute Gasteiger partial charge is 0.303 e. The largest absolute Gasteiger partial charge is 0.481 e. The molecule has 4 nitrogen and oxygen atoms in total. The van der Waals surface area contributed by atoms with Crippen LogP contribution in [0.5, 0.6) is 0 Å². The number of carbonyl (C=O) groups is 1. The lowest BCUT2D eigenvalue weighted by Gasteiger charge is -2.03. The predicted octanol–water partition coefficient (Wildman–Crippen LogP) is 5.94. The summed E-state index contributed by atoms with van der Waals surface area (Å²) in [7, 11) is 0. The lowest BCUT2D eigenvalue weighted by atomic mass is 10.0. The van der Waals surface area contributed by atoms with Crippen LogP contribution < -0.4 is 0 Å². The van der Waals surface area contributed by atoms with Crippen LogP contribution in [-0.2, 0) is 9.63 Å². The first-order chi connectivity index (χ1) is 11.1. The molecule has 0 aliphatic heterocycles. The highest BCUT2D eigenvalue weighted by Crippen LogP contribution is 2.13. The highest BCUT2D eigenvalue weighted by Gasteiger charge is 1.97. The van der Waals surface area contributed by atoms with Gasteiger partial charge in [-0.3, -0.25) is 4.79 Å². The molecular formula is C19H37NO3. The molecule has 0 aromatic heterocycles. The van der Waals surface area contributed by atoms with Gasteiger partial charge in [-0.05, 0) is 33.1 Å². The molecule has 0 rings (SSSR count). The van der Waals surface area contributed by atoms with E-state index >= 15 is 0 Å². The summed E-state index contributed by atoms with van der Waals surface area (Å²) in [5, 5.41) is 12.5. The molecule has 4 heteroatoms. The van der Waals surface area contributed by atoms with E-state index in [-0.39, 0.29) is 0 Å². The summed E-state index contributed by atoms with van der Waals surface area (Å²) < 4.78 is 0. The van der Waals surface area contributed by atoms with Crippen LogP contribution in [0, 0.1) is 0 Å². The van der Waals surface area contributed by atoms with Crippen molar-refractivity contribution in [2.45, 2.75) is 104 Å². The Morgan fingerprint density at radius 1 is 0.739 bits per heavy atom. The number of nitrogens with zero attached hydrogens (tertiary/aromatic N) is 1. The maximum absolute atomic E-state index is 10.4. The third-order valence-corrected chi connectivity index (χ3v) is 3.87. The highest BCUT2D eigenvalue weighted by molar-refractivity contribution is 5.78. The standard InChI is InChI=1S/C19H37NO3/c1-18(2)20-23-17-15-13-11-9-7-5-3-4-6-8-10-12-14-16-19(21)22/h3-17H2,1-2H3,(H,21,22). The Morgan fingerprint density at radius 2 is 1.13 bits per heavy atom. The second kappa shape index (κ2) is 17.3. The minimum atomic E-state index is -0.665.